The molecule has 16 heavy (non-hydrogen) atoms. The van der Waals surface area contributed by atoms with Gasteiger partial charge in [-0.2, -0.15) is 5.26 Å². The van der Waals surface area contributed by atoms with Gasteiger partial charge in [0, 0.05) is 13.0 Å². The van der Waals surface area contributed by atoms with Gasteiger partial charge in [0.25, 0.3) is 0 Å². The van der Waals surface area contributed by atoms with Gasteiger partial charge in [0.1, 0.15) is 5.54 Å². The molecule has 1 aliphatic carbocycles. The highest BCUT2D eigenvalue weighted by Gasteiger charge is 2.23. The van der Waals surface area contributed by atoms with Crippen LogP contribution in [-0.2, 0) is 4.74 Å². The Kier molecular flexibility index (Phi) is 5.79. The van der Waals surface area contributed by atoms with Crippen LogP contribution in [0.2, 0.25) is 0 Å². The molecule has 0 heterocycles. The van der Waals surface area contributed by atoms with Crippen LogP contribution >= 0.6 is 0 Å². The van der Waals surface area contributed by atoms with E-state index in [0.717, 1.165) is 19.4 Å². The van der Waals surface area contributed by atoms with Crippen molar-refractivity contribution in [3.05, 3.63) is 0 Å². The fraction of sp³-hybridized carbons (Fsp3) is 0.923. The van der Waals surface area contributed by atoms with Gasteiger partial charge in [-0.05, 0) is 32.7 Å². The molecule has 0 aromatic heterocycles. The highest BCUT2D eigenvalue weighted by atomic mass is 16.5. The van der Waals surface area contributed by atoms with Crippen molar-refractivity contribution in [3.8, 4) is 6.07 Å². The molecule has 0 saturated heterocycles. The average Bonchev–Trinajstić information content (AvgIpc) is 2.79. The van der Waals surface area contributed by atoms with Crippen molar-refractivity contribution in [1.29, 1.82) is 5.26 Å². The van der Waals surface area contributed by atoms with Gasteiger partial charge in [0.15, 0.2) is 0 Å². The lowest BCUT2D eigenvalue weighted by atomic mass is 10.0. The molecule has 0 spiro atoms. The molecule has 3 nitrogen and oxygen atoms in total. The third-order valence-corrected chi connectivity index (χ3v) is 3.27. The van der Waals surface area contributed by atoms with Crippen LogP contribution in [0, 0.1) is 11.3 Å². The topological polar surface area (TPSA) is 45.0 Å². The minimum Gasteiger partial charge on any atom is -0.378 e. The summed E-state index contributed by atoms with van der Waals surface area (Å²) in [4.78, 5) is 0. The van der Waals surface area contributed by atoms with Crippen molar-refractivity contribution in [2.75, 3.05) is 13.2 Å². The van der Waals surface area contributed by atoms with Crippen LogP contribution in [0.3, 0.4) is 0 Å². The van der Waals surface area contributed by atoms with Crippen LogP contribution in [0.15, 0.2) is 0 Å². The van der Waals surface area contributed by atoms with Gasteiger partial charge < -0.3 is 4.74 Å². The summed E-state index contributed by atoms with van der Waals surface area (Å²) < 4.78 is 5.79. The number of rotatable bonds is 7. The van der Waals surface area contributed by atoms with Crippen molar-refractivity contribution in [2.24, 2.45) is 0 Å². The van der Waals surface area contributed by atoms with Gasteiger partial charge in [-0.25, -0.2) is 0 Å². The van der Waals surface area contributed by atoms with Crippen molar-refractivity contribution < 1.29 is 4.74 Å². The molecule has 0 amide bonds. The fourth-order valence-corrected chi connectivity index (χ4v) is 2.07. The lowest BCUT2D eigenvalue weighted by Gasteiger charge is -2.23. The molecule has 0 bridgehead atoms. The summed E-state index contributed by atoms with van der Waals surface area (Å²) in [5, 5.41) is 12.4. The van der Waals surface area contributed by atoms with Crippen LogP contribution in [0.1, 0.15) is 52.4 Å². The Labute approximate surface area is 99.2 Å². The molecule has 0 aliphatic heterocycles. The van der Waals surface area contributed by atoms with Crippen LogP contribution < -0.4 is 5.32 Å². The van der Waals surface area contributed by atoms with E-state index in [2.05, 4.69) is 18.3 Å². The Hall–Kier alpha value is -0.590. The van der Waals surface area contributed by atoms with Gasteiger partial charge in [-0.3, -0.25) is 5.32 Å². The first-order valence-corrected chi connectivity index (χ1v) is 6.48. The SMILES string of the molecule is CCCNC(C)(C#N)CCOC1CCCC1. The Balaban J connectivity index is 2.19. The van der Waals surface area contributed by atoms with Crippen LogP contribution in [-0.4, -0.2) is 24.8 Å². The van der Waals surface area contributed by atoms with E-state index in [4.69, 9.17) is 10.00 Å². The Morgan fingerprint density at radius 2 is 2.12 bits per heavy atom. The van der Waals surface area contributed by atoms with Gasteiger partial charge in [-0.1, -0.05) is 19.8 Å². The highest BCUT2D eigenvalue weighted by Crippen LogP contribution is 2.21. The molecule has 0 aromatic rings. The second-order valence-electron chi connectivity index (χ2n) is 4.90. The smallest absolute Gasteiger partial charge is 0.106 e. The number of hydrogen-bond donors (Lipinski definition) is 1. The maximum absolute atomic E-state index is 9.14. The van der Waals surface area contributed by atoms with Crippen molar-refractivity contribution >= 4 is 0 Å². The molecule has 92 valence electrons. The molecule has 1 rings (SSSR count). The maximum atomic E-state index is 9.14. The van der Waals surface area contributed by atoms with Crippen molar-refractivity contribution in [3.63, 3.8) is 0 Å². The summed E-state index contributed by atoms with van der Waals surface area (Å²) in [5.41, 5.74) is -0.422. The minimum atomic E-state index is -0.422. The number of hydrogen-bond acceptors (Lipinski definition) is 3. The zero-order chi connectivity index (χ0) is 11.9. The average molecular weight is 224 g/mol. The quantitative estimate of drug-likeness (QED) is 0.723. The summed E-state index contributed by atoms with van der Waals surface area (Å²) in [6.07, 6.45) is 7.29. The second-order valence-corrected chi connectivity index (χ2v) is 4.90. The molecule has 1 atom stereocenters. The lowest BCUT2D eigenvalue weighted by Crippen LogP contribution is -2.42. The van der Waals surface area contributed by atoms with Crippen LogP contribution in [0.4, 0.5) is 0 Å². The Morgan fingerprint density at radius 1 is 1.44 bits per heavy atom. The molecule has 1 aliphatic rings. The normalized spacial score (nSPS) is 20.6. The zero-order valence-corrected chi connectivity index (χ0v) is 10.6. The first-order chi connectivity index (χ1) is 7.70. The number of nitrogens with zero attached hydrogens (tertiary/aromatic N) is 1. The highest BCUT2D eigenvalue weighted by molar-refractivity contribution is 5.03. The van der Waals surface area contributed by atoms with E-state index in [1.165, 1.54) is 25.7 Å². The summed E-state index contributed by atoms with van der Waals surface area (Å²) in [5.74, 6) is 0. The maximum Gasteiger partial charge on any atom is 0.106 e. The van der Waals surface area contributed by atoms with E-state index >= 15 is 0 Å². The lowest BCUT2D eigenvalue weighted by molar-refractivity contribution is 0.0486. The van der Waals surface area contributed by atoms with E-state index < -0.39 is 5.54 Å². The molecule has 1 unspecified atom stereocenters. The summed E-state index contributed by atoms with van der Waals surface area (Å²) >= 11 is 0. The summed E-state index contributed by atoms with van der Waals surface area (Å²) in [7, 11) is 0. The van der Waals surface area contributed by atoms with E-state index in [-0.39, 0.29) is 0 Å². The van der Waals surface area contributed by atoms with E-state index in [1.54, 1.807) is 0 Å². The molecule has 1 N–H and O–H groups in total. The predicted octanol–water partition coefficient (Wildman–Crippen LogP) is 2.62. The van der Waals surface area contributed by atoms with Gasteiger partial charge in [-0.15, -0.1) is 0 Å². The molecule has 0 radical (unpaired) electrons. The van der Waals surface area contributed by atoms with E-state index in [9.17, 15) is 0 Å². The predicted molar refractivity (Wildman–Crippen MR) is 65.1 cm³/mol. The molecular formula is C13H24N2O. The van der Waals surface area contributed by atoms with Gasteiger partial charge in [0.2, 0.25) is 0 Å². The molecule has 0 aromatic carbocycles. The van der Waals surface area contributed by atoms with E-state index in [0.29, 0.717) is 12.7 Å². The number of ether oxygens (including phenoxy) is 1. The van der Waals surface area contributed by atoms with Gasteiger partial charge >= 0.3 is 0 Å². The van der Waals surface area contributed by atoms with Crippen LogP contribution in [0.25, 0.3) is 0 Å². The molecule has 1 saturated carbocycles. The third-order valence-electron chi connectivity index (χ3n) is 3.27. The molecule has 1 fully saturated rings. The summed E-state index contributed by atoms with van der Waals surface area (Å²) in [6, 6.07) is 2.35. The Morgan fingerprint density at radius 3 is 2.69 bits per heavy atom. The second kappa shape index (κ2) is 6.88. The molecule has 3 heteroatoms. The summed E-state index contributed by atoms with van der Waals surface area (Å²) in [6.45, 7) is 5.67. The molecular weight excluding hydrogens is 200 g/mol. The fourth-order valence-electron chi connectivity index (χ4n) is 2.07. The van der Waals surface area contributed by atoms with Crippen LogP contribution in [0.5, 0.6) is 0 Å². The number of nitriles is 1. The third kappa shape index (κ3) is 4.51. The Bertz CT molecular complexity index is 231. The van der Waals surface area contributed by atoms with Crippen molar-refractivity contribution in [1.82, 2.24) is 5.32 Å². The van der Waals surface area contributed by atoms with E-state index in [1.807, 2.05) is 6.92 Å². The largest absolute Gasteiger partial charge is 0.378 e. The van der Waals surface area contributed by atoms with Crippen molar-refractivity contribution in [2.45, 2.75) is 64.0 Å². The number of nitrogens with one attached hydrogen (secondary N) is 1. The monoisotopic (exact) mass is 224 g/mol. The standard InChI is InChI=1S/C13H24N2O/c1-3-9-15-13(2,11-14)8-10-16-12-6-4-5-7-12/h12,15H,3-10H2,1-2H3. The first-order valence-electron chi connectivity index (χ1n) is 6.48. The minimum absolute atomic E-state index is 0.422. The first kappa shape index (κ1) is 13.5. The zero-order valence-electron chi connectivity index (χ0n) is 10.6. The van der Waals surface area contributed by atoms with Gasteiger partial charge in [0.05, 0.1) is 12.2 Å².